The zero-order valence-electron chi connectivity index (χ0n) is 15.0. The lowest BCUT2D eigenvalue weighted by Gasteiger charge is -2.24. The predicted octanol–water partition coefficient (Wildman–Crippen LogP) is 3.81. The molecule has 0 saturated heterocycles. The highest BCUT2D eigenvalue weighted by Crippen LogP contribution is 2.40. The predicted molar refractivity (Wildman–Crippen MR) is 101 cm³/mol. The van der Waals surface area contributed by atoms with E-state index in [4.69, 9.17) is 21.1 Å². The second-order valence-electron chi connectivity index (χ2n) is 6.21. The number of carbonyl (C=O) groups excluding carboxylic acids is 1. The molecule has 0 unspecified atom stereocenters. The van der Waals surface area contributed by atoms with Crippen LogP contribution in [0.2, 0.25) is 5.02 Å². The number of hydrogen-bond acceptors (Lipinski definition) is 4. The normalized spacial score (nSPS) is 19.0. The lowest BCUT2D eigenvalue weighted by Crippen LogP contribution is -2.31. The van der Waals surface area contributed by atoms with E-state index in [-0.39, 0.29) is 0 Å². The van der Waals surface area contributed by atoms with Crippen LogP contribution in [0.5, 0.6) is 5.75 Å². The summed E-state index contributed by atoms with van der Waals surface area (Å²) in [5.41, 5.74) is 2.96. The number of hydrogen-bond donors (Lipinski definition) is 2. The number of nitrogens with one attached hydrogen (secondary N) is 1. The fourth-order valence-corrected chi connectivity index (χ4v) is 3.50. The molecule has 0 spiro atoms. The second-order valence-corrected chi connectivity index (χ2v) is 6.64. The van der Waals surface area contributed by atoms with Gasteiger partial charge in [-0.1, -0.05) is 30.7 Å². The molecule has 2 aromatic carbocycles. The average molecular weight is 390 g/mol. The average Bonchev–Trinajstić information content (AvgIpc) is 2.77. The van der Waals surface area contributed by atoms with Crippen LogP contribution >= 0.6 is 11.6 Å². The Labute approximate surface area is 162 Å². The number of aliphatic carboxylic acids is 1. The SMILES string of the molecule is CCc1c(OC)cccc1[C@H]1O[C@H](CC(=O)O)C(=O)Nc2ccc(Cl)cc21. The van der Waals surface area contributed by atoms with Gasteiger partial charge in [-0.05, 0) is 41.8 Å². The van der Waals surface area contributed by atoms with Crippen molar-refractivity contribution in [2.45, 2.75) is 32.0 Å². The van der Waals surface area contributed by atoms with Crippen molar-refractivity contribution in [3.8, 4) is 5.75 Å². The third kappa shape index (κ3) is 3.91. The zero-order chi connectivity index (χ0) is 19.6. The number of fused-ring (bicyclic) bond motifs is 1. The number of benzene rings is 2. The molecule has 0 bridgehead atoms. The highest BCUT2D eigenvalue weighted by molar-refractivity contribution is 6.30. The maximum absolute atomic E-state index is 12.5. The van der Waals surface area contributed by atoms with Gasteiger partial charge >= 0.3 is 5.97 Å². The van der Waals surface area contributed by atoms with Crippen LogP contribution in [0.25, 0.3) is 0 Å². The lowest BCUT2D eigenvalue weighted by molar-refractivity contribution is -0.146. The van der Waals surface area contributed by atoms with Crippen molar-refractivity contribution in [2.24, 2.45) is 0 Å². The van der Waals surface area contributed by atoms with Crippen LogP contribution in [0.3, 0.4) is 0 Å². The molecule has 6 nitrogen and oxygen atoms in total. The lowest BCUT2D eigenvalue weighted by atomic mass is 9.93. The molecule has 0 saturated carbocycles. The Hall–Kier alpha value is -2.57. The van der Waals surface area contributed by atoms with Gasteiger partial charge in [0.15, 0.2) is 0 Å². The number of methoxy groups -OCH3 is 1. The summed E-state index contributed by atoms with van der Waals surface area (Å²) in [5, 5.41) is 12.4. The van der Waals surface area contributed by atoms with E-state index in [1.165, 1.54) is 0 Å². The van der Waals surface area contributed by atoms with Crippen LogP contribution < -0.4 is 10.1 Å². The van der Waals surface area contributed by atoms with E-state index in [9.17, 15) is 14.7 Å². The van der Waals surface area contributed by atoms with Gasteiger partial charge in [0.1, 0.15) is 18.0 Å². The van der Waals surface area contributed by atoms with Crippen LogP contribution in [-0.2, 0) is 20.7 Å². The molecular formula is C20H20ClNO5. The first-order valence-corrected chi connectivity index (χ1v) is 8.95. The van der Waals surface area contributed by atoms with Gasteiger partial charge in [0.25, 0.3) is 5.91 Å². The summed E-state index contributed by atoms with van der Waals surface area (Å²) in [6.07, 6.45) is -1.54. The Morgan fingerprint density at radius 3 is 2.74 bits per heavy atom. The number of carboxylic acid groups (broad SMARTS) is 1. The number of anilines is 1. The van der Waals surface area contributed by atoms with Crippen molar-refractivity contribution in [2.75, 3.05) is 12.4 Å². The third-order valence-corrected chi connectivity index (χ3v) is 4.77. The summed E-state index contributed by atoms with van der Waals surface area (Å²) in [6, 6.07) is 10.7. The zero-order valence-corrected chi connectivity index (χ0v) is 15.7. The molecule has 1 amide bonds. The number of halogens is 1. The molecule has 0 aliphatic carbocycles. The molecular weight excluding hydrogens is 370 g/mol. The van der Waals surface area contributed by atoms with E-state index >= 15 is 0 Å². The largest absolute Gasteiger partial charge is 0.496 e. The molecule has 1 aliphatic heterocycles. The Balaban J connectivity index is 2.18. The molecule has 7 heteroatoms. The minimum absolute atomic E-state index is 0.435. The van der Waals surface area contributed by atoms with Gasteiger partial charge in [-0.25, -0.2) is 0 Å². The molecule has 0 radical (unpaired) electrons. The smallest absolute Gasteiger partial charge is 0.306 e. The monoisotopic (exact) mass is 389 g/mol. The van der Waals surface area contributed by atoms with E-state index in [0.29, 0.717) is 28.4 Å². The molecule has 1 heterocycles. The highest BCUT2D eigenvalue weighted by atomic mass is 35.5. The van der Waals surface area contributed by atoms with Gasteiger partial charge in [-0.3, -0.25) is 9.59 Å². The van der Waals surface area contributed by atoms with Crippen molar-refractivity contribution in [1.29, 1.82) is 0 Å². The van der Waals surface area contributed by atoms with Crippen molar-refractivity contribution in [1.82, 2.24) is 0 Å². The van der Waals surface area contributed by atoms with Gasteiger partial charge in [-0.15, -0.1) is 0 Å². The van der Waals surface area contributed by atoms with Gasteiger partial charge in [0, 0.05) is 16.3 Å². The number of rotatable bonds is 5. The first-order chi connectivity index (χ1) is 12.9. The first-order valence-electron chi connectivity index (χ1n) is 8.58. The number of carboxylic acids is 1. The Kier molecular flexibility index (Phi) is 5.68. The summed E-state index contributed by atoms with van der Waals surface area (Å²) < 4.78 is 11.5. The van der Waals surface area contributed by atoms with Gasteiger partial charge in [-0.2, -0.15) is 0 Å². The molecule has 2 aromatic rings. The molecule has 142 valence electrons. The van der Waals surface area contributed by atoms with E-state index in [0.717, 1.165) is 11.1 Å². The second kappa shape index (κ2) is 7.98. The van der Waals surface area contributed by atoms with Gasteiger partial charge < -0.3 is 19.9 Å². The maximum atomic E-state index is 12.5. The number of ether oxygens (including phenoxy) is 2. The van der Waals surface area contributed by atoms with Crippen LogP contribution in [0.15, 0.2) is 36.4 Å². The topological polar surface area (TPSA) is 84.9 Å². The van der Waals surface area contributed by atoms with Crippen LogP contribution in [0.1, 0.15) is 36.1 Å². The van der Waals surface area contributed by atoms with Crippen LogP contribution in [0.4, 0.5) is 5.69 Å². The Morgan fingerprint density at radius 1 is 1.30 bits per heavy atom. The third-order valence-electron chi connectivity index (χ3n) is 4.53. The first kappa shape index (κ1) is 19.2. The number of carbonyl (C=O) groups is 2. The van der Waals surface area contributed by atoms with Crippen molar-refractivity contribution >= 4 is 29.2 Å². The fraction of sp³-hybridized carbons (Fsp3) is 0.300. The summed E-state index contributed by atoms with van der Waals surface area (Å²) in [6.45, 7) is 2.00. The van der Waals surface area contributed by atoms with E-state index in [1.807, 2.05) is 25.1 Å². The molecule has 3 rings (SSSR count). The van der Waals surface area contributed by atoms with Crippen LogP contribution in [-0.4, -0.2) is 30.2 Å². The van der Waals surface area contributed by atoms with Gasteiger partial charge in [0.2, 0.25) is 0 Å². The van der Waals surface area contributed by atoms with Crippen LogP contribution in [0, 0.1) is 0 Å². The van der Waals surface area contributed by atoms with Crippen molar-refractivity contribution in [3.05, 3.63) is 58.1 Å². The maximum Gasteiger partial charge on any atom is 0.306 e. The van der Waals surface area contributed by atoms with Gasteiger partial charge in [0.05, 0.1) is 13.5 Å². The Morgan fingerprint density at radius 2 is 2.07 bits per heavy atom. The van der Waals surface area contributed by atoms with Crippen molar-refractivity contribution in [3.63, 3.8) is 0 Å². The highest BCUT2D eigenvalue weighted by Gasteiger charge is 2.34. The van der Waals surface area contributed by atoms with E-state index < -0.39 is 30.5 Å². The summed E-state index contributed by atoms with van der Waals surface area (Å²) in [7, 11) is 1.59. The molecule has 1 aliphatic rings. The molecule has 0 aromatic heterocycles. The van der Waals surface area contributed by atoms with E-state index in [2.05, 4.69) is 5.32 Å². The summed E-state index contributed by atoms with van der Waals surface area (Å²) in [4.78, 5) is 23.7. The minimum Gasteiger partial charge on any atom is -0.496 e. The quantitative estimate of drug-likeness (QED) is 0.812. The Bertz CT molecular complexity index is 883. The summed E-state index contributed by atoms with van der Waals surface area (Å²) >= 11 is 6.18. The number of amides is 1. The standard InChI is InChI=1S/C20H20ClNO5/c1-3-12-13(5-4-6-16(12)26-2)19-14-9-11(21)7-8-15(14)22-20(25)17(27-19)10-18(23)24/h4-9,17,19H,3,10H2,1-2H3,(H,22,25)(H,23,24)/t17-,19-/m1/s1. The fourth-order valence-electron chi connectivity index (χ4n) is 3.32. The van der Waals surface area contributed by atoms with Crippen molar-refractivity contribution < 1.29 is 24.2 Å². The molecule has 2 atom stereocenters. The molecule has 0 fully saturated rings. The minimum atomic E-state index is -1.13. The van der Waals surface area contributed by atoms with E-state index in [1.54, 1.807) is 25.3 Å². The molecule has 2 N–H and O–H groups in total. The summed E-state index contributed by atoms with van der Waals surface area (Å²) in [5.74, 6) is -0.899. The molecule has 27 heavy (non-hydrogen) atoms.